The number of benzene rings is 2. The molecule has 1 aromatic heterocycles. The van der Waals surface area contributed by atoms with E-state index >= 15 is 0 Å². The van der Waals surface area contributed by atoms with Crippen LogP contribution >= 0.6 is 34.8 Å². The largest absolute Gasteiger partial charge is 0.496 e. The second kappa shape index (κ2) is 6.45. The molecule has 0 unspecified atom stereocenters. The third-order valence-corrected chi connectivity index (χ3v) is 4.83. The fourth-order valence-electron chi connectivity index (χ4n) is 3.10. The van der Waals surface area contributed by atoms with Gasteiger partial charge in [-0.1, -0.05) is 34.8 Å². The van der Waals surface area contributed by atoms with Gasteiger partial charge in [0.05, 0.1) is 12.8 Å². The lowest BCUT2D eigenvalue weighted by Crippen LogP contribution is -2.04. The molecule has 1 aliphatic heterocycles. The fourth-order valence-corrected chi connectivity index (χ4v) is 3.79. The summed E-state index contributed by atoms with van der Waals surface area (Å²) >= 11 is 18.5. The van der Waals surface area contributed by atoms with Crippen LogP contribution in [0.1, 0.15) is 5.56 Å². The van der Waals surface area contributed by atoms with Crippen LogP contribution in [-0.2, 0) is 6.42 Å². The van der Waals surface area contributed by atoms with Gasteiger partial charge in [-0.25, -0.2) is 4.68 Å². The summed E-state index contributed by atoms with van der Waals surface area (Å²) in [5.41, 5.74) is 3.63. The average Bonchev–Trinajstić information content (AvgIpc) is 3.16. The van der Waals surface area contributed by atoms with Crippen LogP contribution in [0.3, 0.4) is 0 Å². The standard InChI is InChI=1S/C18H14Cl3N3O/c1-25-16-3-2-10(19)9-15(16)17-14-4-5-22-18(14)24(23-17)13-7-11(20)6-12(21)8-13/h2-3,6-9,22H,4-5H2,1H3. The summed E-state index contributed by atoms with van der Waals surface area (Å²) in [5.74, 6) is 1.67. The molecule has 0 aliphatic carbocycles. The summed E-state index contributed by atoms with van der Waals surface area (Å²) in [4.78, 5) is 0. The maximum Gasteiger partial charge on any atom is 0.133 e. The van der Waals surface area contributed by atoms with Crippen molar-refractivity contribution >= 4 is 40.6 Å². The Hall–Kier alpha value is -1.88. The van der Waals surface area contributed by atoms with Crippen molar-refractivity contribution in [3.05, 3.63) is 57.0 Å². The highest BCUT2D eigenvalue weighted by molar-refractivity contribution is 6.34. The molecule has 1 aliphatic rings. The molecule has 0 radical (unpaired) electrons. The van der Waals surface area contributed by atoms with Crippen LogP contribution in [0.2, 0.25) is 15.1 Å². The number of aromatic nitrogens is 2. The molecular weight excluding hydrogens is 381 g/mol. The quantitative estimate of drug-likeness (QED) is 0.639. The van der Waals surface area contributed by atoms with Crippen molar-refractivity contribution in [2.24, 2.45) is 0 Å². The Morgan fingerprint density at radius 1 is 1.04 bits per heavy atom. The molecule has 0 saturated carbocycles. The Labute approximate surface area is 160 Å². The van der Waals surface area contributed by atoms with Crippen molar-refractivity contribution in [1.29, 1.82) is 0 Å². The summed E-state index contributed by atoms with van der Waals surface area (Å²) in [5, 5.41) is 9.95. The van der Waals surface area contributed by atoms with Gasteiger partial charge in [0.1, 0.15) is 17.3 Å². The molecule has 0 atom stereocenters. The molecule has 2 aromatic carbocycles. The molecule has 0 spiro atoms. The highest BCUT2D eigenvalue weighted by Crippen LogP contribution is 2.40. The van der Waals surface area contributed by atoms with Gasteiger partial charge in [0, 0.05) is 32.7 Å². The van der Waals surface area contributed by atoms with E-state index in [4.69, 9.17) is 44.6 Å². The van der Waals surface area contributed by atoms with Crippen LogP contribution in [0.15, 0.2) is 36.4 Å². The van der Waals surface area contributed by atoms with Gasteiger partial charge in [0.25, 0.3) is 0 Å². The number of rotatable bonds is 3. The molecule has 4 nitrogen and oxygen atoms in total. The molecular formula is C18H14Cl3N3O. The van der Waals surface area contributed by atoms with Crippen molar-refractivity contribution in [3.63, 3.8) is 0 Å². The first kappa shape index (κ1) is 16.6. The minimum Gasteiger partial charge on any atom is -0.496 e. The molecule has 128 valence electrons. The topological polar surface area (TPSA) is 39.1 Å². The van der Waals surface area contributed by atoms with Gasteiger partial charge >= 0.3 is 0 Å². The van der Waals surface area contributed by atoms with Crippen LogP contribution in [0, 0.1) is 0 Å². The van der Waals surface area contributed by atoms with E-state index in [-0.39, 0.29) is 0 Å². The number of nitrogens with zero attached hydrogens (tertiary/aromatic N) is 2. The fraction of sp³-hybridized carbons (Fsp3) is 0.167. The molecule has 3 aromatic rings. The van der Waals surface area contributed by atoms with Gasteiger partial charge < -0.3 is 10.1 Å². The zero-order valence-corrected chi connectivity index (χ0v) is 15.6. The van der Waals surface area contributed by atoms with E-state index < -0.39 is 0 Å². The Balaban J connectivity index is 1.94. The molecule has 0 fully saturated rings. The first-order valence-corrected chi connectivity index (χ1v) is 8.86. The SMILES string of the molecule is COc1ccc(Cl)cc1-c1nn(-c2cc(Cl)cc(Cl)c2)c2c1CCN2. The third kappa shape index (κ3) is 2.95. The van der Waals surface area contributed by atoms with E-state index in [1.807, 2.05) is 28.9 Å². The van der Waals surface area contributed by atoms with Gasteiger partial charge in [-0.15, -0.1) is 0 Å². The monoisotopic (exact) mass is 393 g/mol. The third-order valence-electron chi connectivity index (χ3n) is 4.16. The number of fused-ring (bicyclic) bond motifs is 1. The zero-order chi connectivity index (χ0) is 17.6. The van der Waals surface area contributed by atoms with E-state index in [9.17, 15) is 0 Å². The molecule has 0 saturated heterocycles. The van der Waals surface area contributed by atoms with E-state index in [0.717, 1.165) is 47.0 Å². The number of methoxy groups -OCH3 is 1. The van der Waals surface area contributed by atoms with Crippen LogP contribution < -0.4 is 10.1 Å². The second-order valence-electron chi connectivity index (χ2n) is 5.74. The Kier molecular flexibility index (Phi) is 4.28. The summed E-state index contributed by atoms with van der Waals surface area (Å²) in [6.45, 7) is 0.845. The van der Waals surface area contributed by atoms with Crippen molar-refractivity contribution < 1.29 is 4.74 Å². The Morgan fingerprint density at radius 3 is 2.52 bits per heavy atom. The molecule has 0 amide bonds. The first-order chi connectivity index (χ1) is 12.1. The van der Waals surface area contributed by atoms with Crippen molar-refractivity contribution in [2.45, 2.75) is 6.42 Å². The number of halogens is 3. The lowest BCUT2D eigenvalue weighted by Gasteiger charge is -2.09. The number of nitrogens with one attached hydrogen (secondary N) is 1. The molecule has 0 bridgehead atoms. The molecule has 25 heavy (non-hydrogen) atoms. The van der Waals surface area contributed by atoms with E-state index in [0.29, 0.717) is 15.1 Å². The number of hydrogen-bond acceptors (Lipinski definition) is 3. The summed E-state index contributed by atoms with van der Waals surface area (Å²) in [6, 6.07) is 10.9. The number of ether oxygens (including phenoxy) is 1. The van der Waals surface area contributed by atoms with Gasteiger partial charge in [-0.2, -0.15) is 5.10 Å². The van der Waals surface area contributed by atoms with Crippen LogP contribution in [-0.4, -0.2) is 23.4 Å². The van der Waals surface area contributed by atoms with E-state index in [2.05, 4.69) is 5.32 Å². The smallest absolute Gasteiger partial charge is 0.133 e. The summed E-state index contributed by atoms with van der Waals surface area (Å²) in [7, 11) is 1.64. The highest BCUT2D eigenvalue weighted by atomic mass is 35.5. The molecule has 1 N–H and O–H groups in total. The van der Waals surface area contributed by atoms with Crippen LogP contribution in [0.5, 0.6) is 5.75 Å². The predicted octanol–water partition coefficient (Wildman–Crippen LogP) is 5.48. The summed E-state index contributed by atoms with van der Waals surface area (Å²) in [6.07, 6.45) is 0.870. The van der Waals surface area contributed by atoms with Gasteiger partial charge in [-0.05, 0) is 42.8 Å². The van der Waals surface area contributed by atoms with Gasteiger partial charge in [0.15, 0.2) is 0 Å². The zero-order valence-electron chi connectivity index (χ0n) is 13.3. The van der Waals surface area contributed by atoms with E-state index in [1.54, 1.807) is 19.2 Å². The van der Waals surface area contributed by atoms with Crippen LogP contribution in [0.25, 0.3) is 16.9 Å². The number of anilines is 1. The van der Waals surface area contributed by atoms with E-state index in [1.165, 1.54) is 0 Å². The lowest BCUT2D eigenvalue weighted by molar-refractivity contribution is 0.416. The Bertz CT molecular complexity index is 948. The van der Waals surface area contributed by atoms with Crippen molar-refractivity contribution in [1.82, 2.24) is 9.78 Å². The lowest BCUT2D eigenvalue weighted by atomic mass is 10.1. The van der Waals surface area contributed by atoms with Crippen molar-refractivity contribution in [2.75, 3.05) is 19.0 Å². The maximum atomic E-state index is 6.20. The Morgan fingerprint density at radius 2 is 1.80 bits per heavy atom. The highest BCUT2D eigenvalue weighted by Gasteiger charge is 2.26. The maximum absolute atomic E-state index is 6.20. The summed E-state index contributed by atoms with van der Waals surface area (Å²) < 4.78 is 7.33. The molecule has 2 heterocycles. The van der Waals surface area contributed by atoms with Gasteiger partial charge in [-0.3, -0.25) is 0 Å². The second-order valence-corrected chi connectivity index (χ2v) is 7.05. The van der Waals surface area contributed by atoms with Gasteiger partial charge in [0.2, 0.25) is 0 Å². The minimum atomic E-state index is 0.562. The normalized spacial score (nSPS) is 12.8. The number of hydrogen-bond donors (Lipinski definition) is 1. The molecule has 4 rings (SSSR count). The van der Waals surface area contributed by atoms with Crippen molar-refractivity contribution in [3.8, 4) is 22.7 Å². The molecule has 7 heteroatoms. The first-order valence-electron chi connectivity index (χ1n) is 7.73. The predicted molar refractivity (Wildman–Crippen MR) is 103 cm³/mol. The minimum absolute atomic E-state index is 0.562. The average molecular weight is 395 g/mol. The van der Waals surface area contributed by atoms with Crippen LogP contribution in [0.4, 0.5) is 5.82 Å².